The number of nitrogens with zero attached hydrogens (tertiary/aromatic N) is 1. The molecule has 3 aromatic carbocycles. The second-order valence-electron chi connectivity index (χ2n) is 6.61. The SMILES string of the molecule is CC(C)N(C)C#C[P+](c1ccccc1)(c1ccccc1)c1ccccc1. The molecule has 0 radical (unpaired) electrons. The Morgan fingerprint density at radius 1 is 0.654 bits per heavy atom. The maximum atomic E-state index is 3.75. The second kappa shape index (κ2) is 8.22. The average Bonchev–Trinajstić information content (AvgIpc) is 2.70. The van der Waals surface area contributed by atoms with Crippen LogP contribution >= 0.6 is 7.26 Å². The average molecular weight is 358 g/mol. The molecule has 0 bridgehead atoms. The molecule has 26 heavy (non-hydrogen) atoms. The van der Waals surface area contributed by atoms with Gasteiger partial charge in [-0.15, -0.1) is 0 Å². The monoisotopic (exact) mass is 358 g/mol. The van der Waals surface area contributed by atoms with Gasteiger partial charge in [-0.1, -0.05) is 54.6 Å². The third-order valence-corrected chi connectivity index (χ3v) is 8.25. The predicted octanol–water partition coefficient (Wildman–Crippen LogP) is 4.24. The van der Waals surface area contributed by atoms with Crippen LogP contribution in [0, 0.1) is 11.7 Å². The van der Waals surface area contributed by atoms with Crippen LogP contribution in [0.15, 0.2) is 91.0 Å². The van der Waals surface area contributed by atoms with Crippen molar-refractivity contribution >= 4 is 23.2 Å². The fraction of sp³-hybridized carbons (Fsp3) is 0.167. The molecule has 1 nitrogen and oxygen atoms in total. The summed E-state index contributed by atoms with van der Waals surface area (Å²) in [6.07, 6.45) is 0. The zero-order valence-electron chi connectivity index (χ0n) is 15.6. The molecule has 3 rings (SSSR count). The van der Waals surface area contributed by atoms with Crippen LogP contribution < -0.4 is 15.9 Å². The van der Waals surface area contributed by atoms with E-state index in [1.807, 2.05) is 0 Å². The van der Waals surface area contributed by atoms with Crippen LogP contribution in [-0.2, 0) is 0 Å². The first-order chi connectivity index (χ1) is 12.6. The van der Waals surface area contributed by atoms with Crippen molar-refractivity contribution in [3.8, 4) is 11.7 Å². The third kappa shape index (κ3) is 3.67. The molecule has 0 amide bonds. The van der Waals surface area contributed by atoms with Crippen molar-refractivity contribution in [2.75, 3.05) is 7.05 Å². The molecule has 0 aromatic heterocycles. The maximum Gasteiger partial charge on any atom is 0.191 e. The first kappa shape index (κ1) is 18.2. The van der Waals surface area contributed by atoms with Crippen LogP contribution in [0.3, 0.4) is 0 Å². The first-order valence-electron chi connectivity index (χ1n) is 8.96. The minimum absolute atomic E-state index is 0.381. The van der Waals surface area contributed by atoms with Crippen molar-refractivity contribution in [3.05, 3.63) is 91.0 Å². The van der Waals surface area contributed by atoms with Gasteiger partial charge in [-0.3, -0.25) is 0 Å². The van der Waals surface area contributed by atoms with Gasteiger partial charge < -0.3 is 4.90 Å². The van der Waals surface area contributed by atoms with Gasteiger partial charge in [0, 0.05) is 13.1 Å². The highest BCUT2D eigenvalue weighted by Gasteiger charge is 2.45. The van der Waals surface area contributed by atoms with Crippen molar-refractivity contribution in [3.63, 3.8) is 0 Å². The van der Waals surface area contributed by atoms with Crippen LogP contribution in [0.1, 0.15) is 13.8 Å². The largest absolute Gasteiger partial charge is 0.330 e. The normalized spacial score (nSPS) is 10.9. The summed E-state index contributed by atoms with van der Waals surface area (Å²) in [5, 5.41) is 3.88. The van der Waals surface area contributed by atoms with Crippen molar-refractivity contribution in [2.24, 2.45) is 0 Å². The Labute approximate surface area is 158 Å². The highest BCUT2D eigenvalue weighted by atomic mass is 31.2. The van der Waals surface area contributed by atoms with Gasteiger partial charge in [0.1, 0.15) is 21.6 Å². The van der Waals surface area contributed by atoms with Crippen molar-refractivity contribution in [1.29, 1.82) is 0 Å². The summed E-state index contributed by atoms with van der Waals surface area (Å²) in [7, 11) is 0.0132. The molecule has 0 saturated carbocycles. The zero-order valence-corrected chi connectivity index (χ0v) is 16.5. The van der Waals surface area contributed by atoms with Gasteiger partial charge in [-0.05, 0) is 50.2 Å². The van der Waals surface area contributed by atoms with E-state index in [0.29, 0.717) is 6.04 Å². The van der Waals surface area contributed by atoms with Crippen LogP contribution in [0.4, 0.5) is 0 Å². The molecule has 0 saturated heterocycles. The van der Waals surface area contributed by atoms with E-state index < -0.39 is 7.26 Å². The van der Waals surface area contributed by atoms with Crippen LogP contribution in [0.5, 0.6) is 0 Å². The van der Waals surface area contributed by atoms with E-state index >= 15 is 0 Å². The van der Waals surface area contributed by atoms with E-state index in [-0.39, 0.29) is 0 Å². The lowest BCUT2D eigenvalue weighted by molar-refractivity contribution is 0.398. The molecule has 0 unspecified atom stereocenters. The lowest BCUT2D eigenvalue weighted by Gasteiger charge is -2.22. The maximum absolute atomic E-state index is 3.75. The molecule has 130 valence electrons. The Hall–Kier alpha value is -2.55. The number of hydrogen-bond acceptors (Lipinski definition) is 1. The molecule has 0 heterocycles. The van der Waals surface area contributed by atoms with Crippen molar-refractivity contribution in [1.82, 2.24) is 4.90 Å². The quantitative estimate of drug-likeness (QED) is 0.383. The van der Waals surface area contributed by atoms with Crippen molar-refractivity contribution < 1.29 is 0 Å². The lowest BCUT2D eigenvalue weighted by Crippen LogP contribution is -2.30. The molecule has 0 spiro atoms. The minimum atomic E-state index is -2.05. The van der Waals surface area contributed by atoms with Gasteiger partial charge in [-0.2, -0.15) is 0 Å². The summed E-state index contributed by atoms with van der Waals surface area (Å²) in [5.41, 5.74) is 3.75. The Balaban J connectivity index is 2.32. The molecular weight excluding hydrogens is 333 g/mol. The molecule has 2 heteroatoms. The standard InChI is InChI=1S/C24H25NP/c1-21(2)25(3)19-20-26(22-13-7-4-8-14-22,23-15-9-5-10-16-23)24-17-11-6-12-18-24/h4-18,21H,1-3H3/q+1. The molecule has 3 aromatic rings. The molecule has 0 aliphatic heterocycles. The summed E-state index contributed by atoms with van der Waals surface area (Å²) in [6.45, 7) is 4.34. The van der Waals surface area contributed by atoms with Gasteiger partial charge in [0.25, 0.3) is 0 Å². The topological polar surface area (TPSA) is 3.24 Å². The molecular formula is C24H25NP+. The Bertz CT molecular complexity index is 780. The molecule has 0 aliphatic rings. The third-order valence-electron chi connectivity index (χ3n) is 4.60. The smallest absolute Gasteiger partial charge is 0.191 e. The molecule has 0 atom stereocenters. The summed E-state index contributed by atoms with van der Waals surface area (Å²) in [5.74, 6) is 0. The van der Waals surface area contributed by atoms with Crippen LogP contribution in [-0.4, -0.2) is 18.0 Å². The van der Waals surface area contributed by atoms with Crippen molar-refractivity contribution in [2.45, 2.75) is 19.9 Å². The van der Waals surface area contributed by atoms with E-state index in [0.717, 1.165) is 0 Å². The highest BCUT2D eigenvalue weighted by Crippen LogP contribution is 2.54. The summed E-state index contributed by atoms with van der Waals surface area (Å²) in [6, 6.07) is 36.1. The van der Waals surface area contributed by atoms with Gasteiger partial charge in [0.05, 0.1) is 6.04 Å². The molecule has 0 aliphatic carbocycles. The predicted molar refractivity (Wildman–Crippen MR) is 116 cm³/mol. The van der Waals surface area contributed by atoms with E-state index in [9.17, 15) is 0 Å². The van der Waals surface area contributed by atoms with E-state index in [4.69, 9.17) is 0 Å². The molecule has 0 N–H and O–H groups in total. The fourth-order valence-electron chi connectivity index (χ4n) is 2.88. The summed E-state index contributed by atoms with van der Waals surface area (Å²) < 4.78 is 0. The van der Waals surface area contributed by atoms with Gasteiger partial charge in [-0.25, -0.2) is 0 Å². The van der Waals surface area contributed by atoms with Crippen LogP contribution in [0.2, 0.25) is 0 Å². The lowest BCUT2D eigenvalue weighted by atomic mass is 10.4. The van der Waals surface area contributed by atoms with E-state index in [1.54, 1.807) is 0 Å². The Kier molecular flexibility index (Phi) is 5.77. The fourth-order valence-corrected chi connectivity index (χ4v) is 6.33. The number of hydrogen-bond donors (Lipinski definition) is 0. The molecule has 0 fully saturated rings. The summed E-state index contributed by atoms with van der Waals surface area (Å²) in [4.78, 5) is 2.10. The number of benzene rings is 3. The first-order valence-corrected chi connectivity index (χ1v) is 10.7. The van der Waals surface area contributed by atoms with Gasteiger partial charge in [0.2, 0.25) is 0 Å². The second-order valence-corrected chi connectivity index (χ2v) is 9.72. The van der Waals surface area contributed by atoms with E-state index in [2.05, 4.69) is 128 Å². The number of rotatable bonds is 4. The van der Waals surface area contributed by atoms with E-state index in [1.165, 1.54) is 15.9 Å². The van der Waals surface area contributed by atoms with Gasteiger partial charge in [0.15, 0.2) is 7.26 Å². The zero-order chi connectivity index (χ0) is 18.4. The van der Waals surface area contributed by atoms with Gasteiger partial charge >= 0.3 is 0 Å². The Morgan fingerprint density at radius 2 is 1.00 bits per heavy atom. The minimum Gasteiger partial charge on any atom is -0.330 e. The highest BCUT2D eigenvalue weighted by molar-refractivity contribution is 7.99. The van der Waals surface area contributed by atoms with Crippen LogP contribution in [0.25, 0.3) is 0 Å². The summed E-state index contributed by atoms with van der Waals surface area (Å²) >= 11 is 0. The Morgan fingerprint density at radius 3 is 1.31 bits per heavy atom.